The zero-order valence-corrected chi connectivity index (χ0v) is 18.4. The molecule has 3 nitrogen and oxygen atoms in total. The fourth-order valence-corrected chi connectivity index (χ4v) is 3.48. The second kappa shape index (κ2) is 9.29. The van der Waals surface area contributed by atoms with E-state index in [0.717, 1.165) is 12.8 Å². The van der Waals surface area contributed by atoms with E-state index in [9.17, 15) is 0 Å². The van der Waals surface area contributed by atoms with E-state index in [1.807, 2.05) is 18.2 Å². The molecule has 2 aromatic carbocycles. The minimum atomic E-state index is -0.346. The summed E-state index contributed by atoms with van der Waals surface area (Å²) in [6, 6.07) is 20.8. The highest BCUT2D eigenvalue weighted by Gasteiger charge is 2.52. The molecular weight excluding hydrogens is 359 g/mol. The zero-order valence-electron chi connectivity index (χ0n) is 18.4. The van der Waals surface area contributed by atoms with Gasteiger partial charge in [-0.25, -0.2) is 0 Å². The Morgan fingerprint density at radius 1 is 0.828 bits per heavy atom. The molecule has 154 valence electrons. The molecule has 3 rings (SSSR count). The Hall–Kier alpha value is -1.88. The van der Waals surface area contributed by atoms with Crippen LogP contribution in [-0.2, 0) is 27.1 Å². The lowest BCUT2D eigenvalue weighted by molar-refractivity contribution is 0.00578. The van der Waals surface area contributed by atoms with E-state index in [-0.39, 0.29) is 18.3 Å². The first-order valence-corrected chi connectivity index (χ1v) is 10.5. The van der Waals surface area contributed by atoms with Gasteiger partial charge in [-0.15, -0.1) is 0 Å². The molecule has 1 aliphatic rings. The SMILES string of the molecule is C/C(Cc1ccccc1)=C(/CCOCc1ccccc1)B1OC(C)(C)C(C)(C)O1. The highest BCUT2D eigenvalue weighted by Crippen LogP contribution is 2.39. The van der Waals surface area contributed by atoms with Crippen LogP contribution in [0.2, 0.25) is 0 Å². The van der Waals surface area contributed by atoms with Crippen molar-refractivity contribution in [2.45, 2.75) is 65.3 Å². The molecule has 0 amide bonds. The summed E-state index contributed by atoms with van der Waals surface area (Å²) in [5.74, 6) is 0. The minimum Gasteiger partial charge on any atom is -0.400 e. The predicted octanol–water partition coefficient (Wildman–Crippen LogP) is 5.78. The maximum absolute atomic E-state index is 6.36. The third-order valence-electron chi connectivity index (χ3n) is 6.03. The third kappa shape index (κ3) is 5.60. The molecule has 0 spiro atoms. The van der Waals surface area contributed by atoms with Gasteiger partial charge < -0.3 is 14.0 Å². The summed E-state index contributed by atoms with van der Waals surface area (Å²) in [4.78, 5) is 0. The van der Waals surface area contributed by atoms with Crippen LogP contribution in [-0.4, -0.2) is 24.9 Å². The average Bonchev–Trinajstić information content (AvgIpc) is 2.90. The fourth-order valence-electron chi connectivity index (χ4n) is 3.48. The number of ether oxygens (including phenoxy) is 1. The molecule has 0 aliphatic carbocycles. The van der Waals surface area contributed by atoms with Gasteiger partial charge in [-0.1, -0.05) is 66.2 Å². The molecule has 0 saturated carbocycles. The van der Waals surface area contributed by atoms with Crippen molar-refractivity contribution in [3.05, 3.63) is 82.8 Å². The van der Waals surface area contributed by atoms with Crippen molar-refractivity contribution in [2.75, 3.05) is 6.61 Å². The number of hydrogen-bond acceptors (Lipinski definition) is 3. The highest BCUT2D eigenvalue weighted by molar-refractivity contribution is 6.54. The predicted molar refractivity (Wildman–Crippen MR) is 120 cm³/mol. The van der Waals surface area contributed by atoms with Gasteiger partial charge in [0.2, 0.25) is 0 Å². The Morgan fingerprint density at radius 2 is 1.34 bits per heavy atom. The van der Waals surface area contributed by atoms with Crippen molar-refractivity contribution in [2.24, 2.45) is 0 Å². The first kappa shape index (κ1) is 21.8. The molecule has 0 radical (unpaired) electrons. The van der Waals surface area contributed by atoms with Crippen LogP contribution in [0.15, 0.2) is 71.7 Å². The van der Waals surface area contributed by atoms with Gasteiger partial charge in [-0.2, -0.15) is 0 Å². The molecule has 1 heterocycles. The molecular formula is C25H33BO3. The fraction of sp³-hybridized carbons (Fsp3) is 0.440. The molecule has 1 fully saturated rings. The summed E-state index contributed by atoms with van der Waals surface area (Å²) in [5.41, 5.74) is 4.28. The van der Waals surface area contributed by atoms with Crippen molar-refractivity contribution in [3.63, 3.8) is 0 Å². The Labute approximate surface area is 176 Å². The Bertz CT molecular complexity index is 796. The van der Waals surface area contributed by atoms with Crippen LogP contribution in [0.1, 0.15) is 52.2 Å². The minimum absolute atomic E-state index is 0.330. The second-order valence-electron chi connectivity index (χ2n) is 8.84. The van der Waals surface area contributed by atoms with Gasteiger partial charge in [0.1, 0.15) is 0 Å². The van der Waals surface area contributed by atoms with Crippen LogP contribution >= 0.6 is 0 Å². The molecule has 0 bridgehead atoms. The van der Waals surface area contributed by atoms with Crippen molar-refractivity contribution in [3.8, 4) is 0 Å². The molecule has 0 unspecified atom stereocenters. The van der Waals surface area contributed by atoms with E-state index in [2.05, 4.69) is 77.1 Å². The summed E-state index contributed by atoms with van der Waals surface area (Å²) in [6.07, 6.45) is 1.68. The topological polar surface area (TPSA) is 27.7 Å². The van der Waals surface area contributed by atoms with Gasteiger partial charge in [-0.3, -0.25) is 0 Å². The Morgan fingerprint density at radius 3 is 1.90 bits per heavy atom. The van der Waals surface area contributed by atoms with Gasteiger partial charge >= 0.3 is 7.12 Å². The van der Waals surface area contributed by atoms with E-state index in [1.165, 1.54) is 22.2 Å². The number of benzene rings is 2. The lowest BCUT2D eigenvalue weighted by atomic mass is 9.72. The monoisotopic (exact) mass is 392 g/mol. The molecule has 2 aromatic rings. The van der Waals surface area contributed by atoms with E-state index >= 15 is 0 Å². The normalized spacial score (nSPS) is 18.6. The maximum atomic E-state index is 6.36. The van der Waals surface area contributed by atoms with Crippen LogP contribution < -0.4 is 0 Å². The van der Waals surface area contributed by atoms with Crippen molar-refractivity contribution in [1.82, 2.24) is 0 Å². The van der Waals surface area contributed by atoms with Crippen molar-refractivity contribution < 1.29 is 14.0 Å². The van der Waals surface area contributed by atoms with E-state index in [0.29, 0.717) is 13.2 Å². The summed E-state index contributed by atoms with van der Waals surface area (Å²) in [7, 11) is -0.330. The third-order valence-corrected chi connectivity index (χ3v) is 6.03. The molecule has 0 N–H and O–H groups in total. The molecule has 1 saturated heterocycles. The average molecular weight is 392 g/mol. The maximum Gasteiger partial charge on any atom is 0.490 e. The van der Waals surface area contributed by atoms with Gasteiger partial charge in [0.25, 0.3) is 0 Å². The van der Waals surface area contributed by atoms with E-state index in [4.69, 9.17) is 14.0 Å². The van der Waals surface area contributed by atoms with Crippen molar-refractivity contribution >= 4 is 7.12 Å². The van der Waals surface area contributed by atoms with Crippen LogP contribution in [0.3, 0.4) is 0 Å². The summed E-state index contributed by atoms with van der Waals surface area (Å²) < 4.78 is 18.7. The van der Waals surface area contributed by atoms with Crippen LogP contribution in [0, 0.1) is 0 Å². The lowest BCUT2D eigenvalue weighted by Gasteiger charge is -2.32. The molecule has 4 heteroatoms. The van der Waals surface area contributed by atoms with Crippen LogP contribution in [0.5, 0.6) is 0 Å². The molecule has 1 aliphatic heterocycles. The summed E-state index contributed by atoms with van der Waals surface area (Å²) >= 11 is 0. The molecule has 0 atom stereocenters. The standard InChI is InChI=1S/C25H33BO3/c1-20(18-21-12-8-6-9-13-21)23(26-28-24(2,3)25(4,5)29-26)16-17-27-19-22-14-10-7-11-15-22/h6-15H,16-19H2,1-5H3/b23-20+. The van der Waals surface area contributed by atoms with Gasteiger partial charge in [0.15, 0.2) is 0 Å². The number of hydrogen-bond donors (Lipinski definition) is 0. The smallest absolute Gasteiger partial charge is 0.400 e. The second-order valence-corrected chi connectivity index (χ2v) is 8.84. The molecule has 29 heavy (non-hydrogen) atoms. The van der Waals surface area contributed by atoms with E-state index in [1.54, 1.807) is 0 Å². The summed E-state index contributed by atoms with van der Waals surface area (Å²) in [6.45, 7) is 11.8. The number of allylic oxidation sites excluding steroid dienone is 1. The van der Waals surface area contributed by atoms with Gasteiger partial charge in [0, 0.05) is 0 Å². The van der Waals surface area contributed by atoms with Crippen molar-refractivity contribution in [1.29, 1.82) is 0 Å². The zero-order chi connectivity index (χ0) is 20.9. The first-order chi connectivity index (χ1) is 13.8. The van der Waals surface area contributed by atoms with Gasteiger partial charge in [-0.05, 0) is 64.1 Å². The highest BCUT2D eigenvalue weighted by atomic mass is 16.7. The summed E-state index contributed by atoms with van der Waals surface area (Å²) in [5, 5.41) is 0. The first-order valence-electron chi connectivity index (χ1n) is 10.5. The van der Waals surface area contributed by atoms with Gasteiger partial charge in [0.05, 0.1) is 24.4 Å². The quantitative estimate of drug-likeness (QED) is 0.421. The van der Waals surface area contributed by atoms with Crippen LogP contribution in [0.4, 0.5) is 0 Å². The Kier molecular flexibility index (Phi) is 6.99. The largest absolute Gasteiger partial charge is 0.490 e. The Balaban J connectivity index is 1.72. The lowest BCUT2D eigenvalue weighted by Crippen LogP contribution is -2.41. The van der Waals surface area contributed by atoms with E-state index < -0.39 is 0 Å². The number of rotatable bonds is 8. The molecule has 0 aromatic heterocycles. The van der Waals surface area contributed by atoms with Crippen LogP contribution in [0.25, 0.3) is 0 Å².